The molecule has 0 fully saturated rings. The van der Waals surface area contributed by atoms with E-state index in [1.165, 1.54) is 11.1 Å². The van der Waals surface area contributed by atoms with Crippen LogP contribution in [0.5, 0.6) is 0 Å². The van der Waals surface area contributed by atoms with Crippen LogP contribution in [0.3, 0.4) is 0 Å². The number of nitrogens with one attached hydrogen (secondary N) is 1. The number of pyridine rings is 1. The average molecular weight is 289 g/mol. The van der Waals surface area contributed by atoms with Gasteiger partial charge in [0.25, 0.3) is 0 Å². The molecule has 0 aliphatic carbocycles. The lowest BCUT2D eigenvalue weighted by molar-refractivity contribution is 0.615. The Morgan fingerprint density at radius 2 is 1.70 bits per heavy atom. The van der Waals surface area contributed by atoms with Gasteiger partial charge in [-0.05, 0) is 35.7 Å². The highest BCUT2D eigenvalue weighted by Crippen LogP contribution is 2.23. The maximum absolute atomic E-state index is 5.91. The van der Waals surface area contributed by atoms with Crippen LogP contribution in [0.25, 0.3) is 0 Å². The van der Waals surface area contributed by atoms with Gasteiger partial charge < -0.3 is 5.32 Å². The third kappa shape index (κ3) is 3.59. The predicted octanol–water partition coefficient (Wildman–Crippen LogP) is 4.56. The molecule has 1 heterocycles. The van der Waals surface area contributed by atoms with Crippen LogP contribution in [-0.4, -0.2) is 11.5 Å². The monoisotopic (exact) mass is 288 g/mol. The van der Waals surface area contributed by atoms with Crippen molar-refractivity contribution < 1.29 is 0 Å². The smallest absolute Gasteiger partial charge is 0.0751 e. The zero-order valence-corrected chi connectivity index (χ0v) is 13.0. The molecule has 1 aromatic heterocycles. The van der Waals surface area contributed by atoms with Gasteiger partial charge in [-0.2, -0.15) is 0 Å². The van der Waals surface area contributed by atoms with Gasteiger partial charge in [-0.3, -0.25) is 4.98 Å². The molecule has 0 saturated carbocycles. The van der Waals surface area contributed by atoms with Crippen molar-refractivity contribution >= 4 is 11.6 Å². The van der Waals surface area contributed by atoms with Gasteiger partial charge in [0.15, 0.2) is 0 Å². The zero-order valence-electron chi connectivity index (χ0n) is 12.2. The van der Waals surface area contributed by atoms with Crippen LogP contribution in [0.2, 0.25) is 5.02 Å². The van der Waals surface area contributed by atoms with E-state index >= 15 is 0 Å². The maximum atomic E-state index is 5.91. The Bertz CT molecular complexity index is 532. The molecule has 2 aromatic rings. The topological polar surface area (TPSA) is 24.9 Å². The van der Waals surface area contributed by atoms with E-state index in [0.717, 1.165) is 12.2 Å². The Labute approximate surface area is 126 Å². The number of aromatic nitrogens is 1. The Morgan fingerprint density at radius 1 is 1.05 bits per heavy atom. The molecule has 2 nitrogen and oxygen atoms in total. The first kappa shape index (κ1) is 15.0. The second kappa shape index (κ2) is 6.87. The predicted molar refractivity (Wildman–Crippen MR) is 85.3 cm³/mol. The molecule has 0 amide bonds. The summed E-state index contributed by atoms with van der Waals surface area (Å²) in [6.07, 6.45) is 1.70. The number of nitrogens with zero attached hydrogens (tertiary/aromatic N) is 1. The van der Waals surface area contributed by atoms with Gasteiger partial charge in [-0.1, -0.05) is 56.6 Å². The minimum Gasteiger partial charge on any atom is -0.305 e. The second-order valence-corrected chi connectivity index (χ2v) is 5.65. The van der Waals surface area contributed by atoms with E-state index in [1.54, 1.807) is 6.20 Å². The van der Waals surface area contributed by atoms with E-state index in [2.05, 4.69) is 55.3 Å². The highest BCUT2D eigenvalue weighted by molar-refractivity contribution is 6.30. The summed E-state index contributed by atoms with van der Waals surface area (Å²) < 4.78 is 0. The van der Waals surface area contributed by atoms with E-state index in [1.807, 2.05) is 12.1 Å². The van der Waals surface area contributed by atoms with Gasteiger partial charge in [0.05, 0.1) is 16.8 Å². The Hall–Kier alpha value is -1.38. The van der Waals surface area contributed by atoms with E-state index in [-0.39, 0.29) is 6.04 Å². The van der Waals surface area contributed by atoms with Gasteiger partial charge in [-0.25, -0.2) is 0 Å². The molecular weight excluding hydrogens is 268 g/mol. The molecule has 0 radical (unpaired) electrons. The molecular formula is C17H21ClN2. The van der Waals surface area contributed by atoms with Crippen LogP contribution in [0.4, 0.5) is 0 Å². The summed E-state index contributed by atoms with van der Waals surface area (Å²) in [6.45, 7) is 7.40. The first-order valence-corrected chi connectivity index (χ1v) is 7.44. The zero-order chi connectivity index (χ0) is 14.5. The minimum atomic E-state index is 0.110. The summed E-state index contributed by atoms with van der Waals surface area (Å²) in [6, 6.07) is 12.7. The fraction of sp³-hybridized carbons (Fsp3) is 0.353. The molecule has 2 rings (SSSR count). The summed E-state index contributed by atoms with van der Waals surface area (Å²) in [7, 11) is 0. The van der Waals surface area contributed by atoms with Crippen molar-refractivity contribution in [3.05, 3.63) is 64.4 Å². The fourth-order valence-corrected chi connectivity index (χ4v) is 2.34. The molecule has 106 valence electrons. The van der Waals surface area contributed by atoms with Gasteiger partial charge in [-0.15, -0.1) is 0 Å². The molecule has 3 heteroatoms. The third-order valence-corrected chi connectivity index (χ3v) is 3.61. The highest BCUT2D eigenvalue weighted by atomic mass is 35.5. The van der Waals surface area contributed by atoms with Crippen LogP contribution in [0.1, 0.15) is 49.6 Å². The third-order valence-electron chi connectivity index (χ3n) is 3.39. The normalized spacial score (nSPS) is 12.7. The lowest BCUT2D eigenvalue weighted by Gasteiger charge is -2.18. The second-order valence-electron chi connectivity index (χ2n) is 5.21. The van der Waals surface area contributed by atoms with Crippen molar-refractivity contribution in [2.45, 2.75) is 32.7 Å². The van der Waals surface area contributed by atoms with Crippen molar-refractivity contribution in [3.8, 4) is 0 Å². The molecule has 1 unspecified atom stereocenters. The number of rotatable bonds is 5. The maximum Gasteiger partial charge on any atom is 0.0751 e. The SMILES string of the molecule is CCNC(c1ccc(C(C)C)cc1)c1ccc(Cl)cn1. The molecule has 1 aromatic carbocycles. The van der Waals surface area contributed by atoms with Crippen LogP contribution >= 0.6 is 11.6 Å². The summed E-state index contributed by atoms with van der Waals surface area (Å²) in [5.74, 6) is 0.551. The standard InChI is InChI=1S/C17H21ClN2/c1-4-19-17(16-10-9-15(18)11-20-16)14-7-5-13(6-8-14)12(2)3/h5-12,17,19H,4H2,1-3H3. The Balaban J connectivity index is 2.30. The number of hydrogen-bond donors (Lipinski definition) is 1. The van der Waals surface area contributed by atoms with Gasteiger partial charge in [0, 0.05) is 6.20 Å². The van der Waals surface area contributed by atoms with Crippen LogP contribution in [-0.2, 0) is 0 Å². The summed E-state index contributed by atoms with van der Waals surface area (Å²) in [4.78, 5) is 4.44. The molecule has 20 heavy (non-hydrogen) atoms. The van der Waals surface area contributed by atoms with Crippen molar-refractivity contribution in [2.24, 2.45) is 0 Å². The van der Waals surface area contributed by atoms with Crippen molar-refractivity contribution in [2.75, 3.05) is 6.54 Å². The van der Waals surface area contributed by atoms with E-state index in [9.17, 15) is 0 Å². The van der Waals surface area contributed by atoms with Gasteiger partial charge in [0.1, 0.15) is 0 Å². The number of benzene rings is 1. The lowest BCUT2D eigenvalue weighted by Crippen LogP contribution is -2.22. The van der Waals surface area contributed by atoms with Crippen molar-refractivity contribution in [1.29, 1.82) is 0 Å². The molecule has 0 aliphatic heterocycles. The lowest BCUT2D eigenvalue weighted by atomic mass is 9.97. The fourth-order valence-electron chi connectivity index (χ4n) is 2.23. The number of halogens is 1. The van der Waals surface area contributed by atoms with Gasteiger partial charge in [0.2, 0.25) is 0 Å². The first-order valence-electron chi connectivity index (χ1n) is 7.06. The van der Waals surface area contributed by atoms with Crippen LogP contribution in [0.15, 0.2) is 42.6 Å². The van der Waals surface area contributed by atoms with Crippen LogP contribution < -0.4 is 5.32 Å². The average Bonchev–Trinajstić information content (AvgIpc) is 2.46. The van der Waals surface area contributed by atoms with E-state index in [0.29, 0.717) is 10.9 Å². The largest absolute Gasteiger partial charge is 0.305 e. The minimum absolute atomic E-state index is 0.110. The molecule has 0 bridgehead atoms. The molecule has 1 N–H and O–H groups in total. The highest BCUT2D eigenvalue weighted by Gasteiger charge is 2.14. The molecule has 0 spiro atoms. The quantitative estimate of drug-likeness (QED) is 0.872. The van der Waals surface area contributed by atoms with E-state index < -0.39 is 0 Å². The summed E-state index contributed by atoms with van der Waals surface area (Å²) >= 11 is 5.91. The summed E-state index contributed by atoms with van der Waals surface area (Å²) in [5.41, 5.74) is 3.58. The summed E-state index contributed by atoms with van der Waals surface area (Å²) in [5, 5.41) is 4.14. The molecule has 0 saturated heterocycles. The molecule has 0 aliphatic rings. The Kier molecular flexibility index (Phi) is 5.16. The Morgan fingerprint density at radius 3 is 2.20 bits per heavy atom. The first-order chi connectivity index (χ1) is 9.61. The van der Waals surface area contributed by atoms with Crippen molar-refractivity contribution in [1.82, 2.24) is 10.3 Å². The van der Waals surface area contributed by atoms with Crippen molar-refractivity contribution in [3.63, 3.8) is 0 Å². The number of hydrogen-bond acceptors (Lipinski definition) is 2. The van der Waals surface area contributed by atoms with E-state index in [4.69, 9.17) is 11.6 Å². The van der Waals surface area contributed by atoms with Crippen LogP contribution in [0, 0.1) is 0 Å². The van der Waals surface area contributed by atoms with Gasteiger partial charge >= 0.3 is 0 Å². The molecule has 1 atom stereocenters.